The van der Waals surface area contributed by atoms with Crippen molar-refractivity contribution in [3.63, 3.8) is 0 Å². The summed E-state index contributed by atoms with van der Waals surface area (Å²) in [6, 6.07) is 9.75. The summed E-state index contributed by atoms with van der Waals surface area (Å²) in [5.74, 6) is -0.820. The van der Waals surface area contributed by atoms with Gasteiger partial charge in [0, 0.05) is 6.42 Å². The van der Waals surface area contributed by atoms with E-state index in [-0.39, 0.29) is 11.9 Å². The van der Waals surface area contributed by atoms with Gasteiger partial charge in [-0.05, 0) is 17.9 Å². The van der Waals surface area contributed by atoms with Crippen molar-refractivity contribution < 1.29 is 14.6 Å². The lowest BCUT2D eigenvalue weighted by Crippen LogP contribution is -2.47. The molecule has 0 radical (unpaired) electrons. The monoisotopic (exact) mass is 264 g/mol. The van der Waals surface area contributed by atoms with Crippen molar-refractivity contribution in [2.75, 3.05) is 7.11 Å². The van der Waals surface area contributed by atoms with E-state index < -0.39 is 11.5 Å². The predicted octanol–water partition coefficient (Wildman–Crippen LogP) is 2.82. The second-order valence-corrected chi connectivity index (χ2v) is 5.36. The number of esters is 1. The van der Waals surface area contributed by atoms with Crippen molar-refractivity contribution >= 4 is 5.97 Å². The smallest absolute Gasteiger partial charge is 0.311 e. The summed E-state index contributed by atoms with van der Waals surface area (Å²) in [5, 5.41) is 10.9. The third kappa shape index (κ3) is 3.80. The van der Waals surface area contributed by atoms with E-state index in [0.717, 1.165) is 5.56 Å². The molecule has 0 aliphatic heterocycles. The Hall–Kier alpha value is -1.35. The van der Waals surface area contributed by atoms with E-state index in [0.29, 0.717) is 12.8 Å². The molecule has 1 aromatic carbocycles. The molecule has 1 aromatic rings. The van der Waals surface area contributed by atoms with Crippen LogP contribution in [-0.2, 0) is 16.0 Å². The van der Waals surface area contributed by atoms with E-state index in [9.17, 15) is 9.90 Å². The summed E-state index contributed by atoms with van der Waals surface area (Å²) < 4.78 is 4.86. The van der Waals surface area contributed by atoms with Gasteiger partial charge in [0.25, 0.3) is 0 Å². The van der Waals surface area contributed by atoms with Crippen molar-refractivity contribution in [1.29, 1.82) is 0 Å². The third-order valence-electron chi connectivity index (χ3n) is 3.67. The lowest BCUT2D eigenvalue weighted by Gasteiger charge is -2.36. The molecule has 0 spiro atoms. The molecule has 0 saturated carbocycles. The molecule has 0 aliphatic rings. The predicted molar refractivity (Wildman–Crippen MR) is 75.7 cm³/mol. The first kappa shape index (κ1) is 15.7. The van der Waals surface area contributed by atoms with Gasteiger partial charge in [0.2, 0.25) is 0 Å². The van der Waals surface area contributed by atoms with Crippen molar-refractivity contribution in [1.82, 2.24) is 0 Å². The first-order chi connectivity index (χ1) is 8.94. The highest BCUT2D eigenvalue weighted by Crippen LogP contribution is 2.32. The topological polar surface area (TPSA) is 46.5 Å². The summed E-state index contributed by atoms with van der Waals surface area (Å²) in [4.78, 5) is 12.0. The molecule has 3 heteroatoms. The molecule has 106 valence electrons. The highest BCUT2D eigenvalue weighted by molar-refractivity contribution is 5.74. The Balaban J connectivity index is 3.03. The number of hydrogen-bond acceptors (Lipinski definition) is 3. The molecule has 0 aliphatic carbocycles. The van der Waals surface area contributed by atoms with Crippen molar-refractivity contribution in [2.24, 2.45) is 11.8 Å². The number of rotatable bonds is 6. The lowest BCUT2D eigenvalue weighted by atomic mass is 9.74. The Labute approximate surface area is 115 Å². The fourth-order valence-corrected chi connectivity index (χ4v) is 2.64. The van der Waals surface area contributed by atoms with Crippen LogP contribution in [0, 0.1) is 11.8 Å². The Bertz CT molecular complexity index is 400. The molecular weight excluding hydrogens is 240 g/mol. The van der Waals surface area contributed by atoms with Gasteiger partial charge in [-0.1, -0.05) is 51.1 Å². The van der Waals surface area contributed by atoms with Crippen LogP contribution in [0.15, 0.2) is 30.3 Å². The van der Waals surface area contributed by atoms with Crippen molar-refractivity contribution in [2.45, 2.75) is 39.2 Å². The molecule has 0 heterocycles. The average Bonchev–Trinajstić information content (AvgIpc) is 2.39. The van der Waals surface area contributed by atoms with Gasteiger partial charge in [-0.2, -0.15) is 0 Å². The van der Waals surface area contributed by atoms with Gasteiger partial charge in [-0.25, -0.2) is 0 Å². The van der Waals surface area contributed by atoms with E-state index in [2.05, 4.69) is 0 Å². The summed E-state index contributed by atoms with van der Waals surface area (Å²) in [7, 11) is 1.37. The van der Waals surface area contributed by atoms with Gasteiger partial charge >= 0.3 is 5.97 Å². The van der Waals surface area contributed by atoms with Crippen molar-refractivity contribution in [3.05, 3.63) is 35.9 Å². The third-order valence-corrected chi connectivity index (χ3v) is 3.67. The Kier molecular flexibility index (Phi) is 5.55. The molecule has 1 rings (SSSR count). The number of carbonyl (C=O) groups is 1. The molecule has 19 heavy (non-hydrogen) atoms. The molecule has 0 aromatic heterocycles. The fourth-order valence-electron chi connectivity index (χ4n) is 2.64. The van der Waals surface area contributed by atoms with Gasteiger partial charge in [0.15, 0.2) is 0 Å². The van der Waals surface area contributed by atoms with Gasteiger partial charge in [-0.3, -0.25) is 4.79 Å². The SMILES string of the molecule is CCC(O)(Cc1ccccc1)C(C(=O)OC)C(C)C. The fraction of sp³-hybridized carbons (Fsp3) is 0.562. The minimum atomic E-state index is -1.07. The Morgan fingerprint density at radius 2 is 1.89 bits per heavy atom. The zero-order chi connectivity index (χ0) is 14.5. The summed E-state index contributed by atoms with van der Waals surface area (Å²) in [6.07, 6.45) is 0.974. The van der Waals surface area contributed by atoms with E-state index in [4.69, 9.17) is 4.74 Å². The number of aliphatic hydroxyl groups is 1. The standard InChI is InChI=1S/C16H24O3/c1-5-16(18,11-13-9-7-6-8-10-13)14(12(2)3)15(17)19-4/h6-10,12,14,18H,5,11H2,1-4H3. The van der Waals surface area contributed by atoms with Gasteiger partial charge in [-0.15, -0.1) is 0 Å². The number of ether oxygens (including phenoxy) is 1. The molecule has 0 saturated heterocycles. The molecule has 2 atom stereocenters. The molecule has 0 fully saturated rings. The summed E-state index contributed by atoms with van der Waals surface area (Å²) in [5.41, 5.74) is -0.0378. The number of carbonyl (C=O) groups excluding carboxylic acids is 1. The summed E-state index contributed by atoms with van der Waals surface area (Å²) >= 11 is 0. The van der Waals surface area contributed by atoms with Crippen LogP contribution in [0.2, 0.25) is 0 Å². The van der Waals surface area contributed by atoms with E-state index >= 15 is 0 Å². The van der Waals surface area contributed by atoms with Gasteiger partial charge < -0.3 is 9.84 Å². The zero-order valence-corrected chi connectivity index (χ0v) is 12.2. The largest absolute Gasteiger partial charge is 0.469 e. The maximum atomic E-state index is 12.0. The van der Waals surface area contributed by atoms with Crippen LogP contribution in [0.25, 0.3) is 0 Å². The molecule has 0 bridgehead atoms. The Morgan fingerprint density at radius 1 is 1.32 bits per heavy atom. The summed E-state index contributed by atoms with van der Waals surface area (Å²) in [6.45, 7) is 5.78. The quantitative estimate of drug-likeness (QED) is 0.804. The maximum Gasteiger partial charge on any atom is 0.311 e. The zero-order valence-electron chi connectivity index (χ0n) is 12.2. The van der Waals surface area contributed by atoms with Crippen LogP contribution in [0.1, 0.15) is 32.8 Å². The second-order valence-electron chi connectivity index (χ2n) is 5.36. The van der Waals surface area contributed by atoms with Crippen LogP contribution in [-0.4, -0.2) is 23.8 Å². The minimum absolute atomic E-state index is 0.0288. The van der Waals surface area contributed by atoms with Crippen LogP contribution in [0.5, 0.6) is 0 Å². The molecule has 3 nitrogen and oxygen atoms in total. The highest BCUT2D eigenvalue weighted by atomic mass is 16.5. The van der Waals surface area contributed by atoms with Crippen LogP contribution in [0.3, 0.4) is 0 Å². The second kappa shape index (κ2) is 6.71. The lowest BCUT2D eigenvalue weighted by molar-refractivity contribution is -0.159. The minimum Gasteiger partial charge on any atom is -0.469 e. The highest BCUT2D eigenvalue weighted by Gasteiger charge is 2.42. The van der Waals surface area contributed by atoms with E-state index in [1.165, 1.54) is 7.11 Å². The van der Waals surface area contributed by atoms with E-state index in [1.807, 2.05) is 51.1 Å². The number of benzene rings is 1. The number of methoxy groups -OCH3 is 1. The molecule has 2 unspecified atom stereocenters. The average molecular weight is 264 g/mol. The molecular formula is C16H24O3. The molecule has 1 N–H and O–H groups in total. The van der Waals surface area contributed by atoms with Crippen molar-refractivity contribution in [3.8, 4) is 0 Å². The Morgan fingerprint density at radius 3 is 2.32 bits per heavy atom. The van der Waals surface area contributed by atoms with Gasteiger partial charge in [0.05, 0.1) is 18.6 Å². The van der Waals surface area contributed by atoms with Crippen LogP contribution >= 0.6 is 0 Å². The molecule has 0 amide bonds. The first-order valence-corrected chi connectivity index (χ1v) is 6.78. The van der Waals surface area contributed by atoms with Gasteiger partial charge in [0.1, 0.15) is 0 Å². The maximum absolute atomic E-state index is 12.0. The first-order valence-electron chi connectivity index (χ1n) is 6.78. The van der Waals surface area contributed by atoms with Crippen LogP contribution < -0.4 is 0 Å². The van der Waals surface area contributed by atoms with Crippen LogP contribution in [0.4, 0.5) is 0 Å². The normalized spacial score (nSPS) is 15.9. The van der Waals surface area contributed by atoms with E-state index in [1.54, 1.807) is 0 Å². The number of hydrogen-bond donors (Lipinski definition) is 1.